The molecular formula is C18H21N5OS2. The lowest BCUT2D eigenvalue weighted by Gasteiger charge is -2.03. The van der Waals surface area contributed by atoms with E-state index in [4.69, 9.17) is 0 Å². The second kappa shape index (κ2) is 8.86. The molecular weight excluding hydrogens is 366 g/mol. The largest absolute Gasteiger partial charge is 0.337 e. The molecule has 0 saturated heterocycles. The molecule has 8 heteroatoms. The number of carbonyl (C=O) groups is 1. The van der Waals surface area contributed by atoms with Crippen molar-refractivity contribution in [1.29, 1.82) is 0 Å². The first-order valence-corrected chi connectivity index (χ1v) is 10.2. The Morgan fingerprint density at radius 1 is 1.15 bits per heavy atom. The van der Waals surface area contributed by atoms with Crippen molar-refractivity contribution in [3.8, 4) is 10.6 Å². The van der Waals surface area contributed by atoms with Crippen LogP contribution in [-0.4, -0.2) is 27.8 Å². The van der Waals surface area contributed by atoms with Crippen LogP contribution in [0.4, 0.5) is 9.93 Å². The van der Waals surface area contributed by atoms with Gasteiger partial charge in [0.15, 0.2) is 0 Å². The van der Waals surface area contributed by atoms with Crippen molar-refractivity contribution >= 4 is 33.8 Å². The molecule has 0 aliphatic heterocycles. The van der Waals surface area contributed by atoms with Crippen LogP contribution in [0.1, 0.15) is 29.6 Å². The molecule has 2 aromatic heterocycles. The van der Waals surface area contributed by atoms with Gasteiger partial charge in [-0.2, -0.15) is 0 Å². The van der Waals surface area contributed by atoms with Gasteiger partial charge >= 0.3 is 6.03 Å². The zero-order valence-corrected chi connectivity index (χ0v) is 16.4. The van der Waals surface area contributed by atoms with Crippen LogP contribution in [-0.2, 0) is 12.8 Å². The zero-order chi connectivity index (χ0) is 18.4. The highest BCUT2D eigenvalue weighted by atomic mass is 32.1. The number of rotatable bonds is 7. The Kier molecular flexibility index (Phi) is 6.30. The fourth-order valence-electron chi connectivity index (χ4n) is 2.31. The molecule has 2 heterocycles. The number of hydrogen-bond donors (Lipinski definition) is 2. The van der Waals surface area contributed by atoms with Crippen LogP contribution in [0.3, 0.4) is 0 Å². The zero-order valence-electron chi connectivity index (χ0n) is 14.8. The number of thiazole rings is 1. The molecule has 2 amide bonds. The summed E-state index contributed by atoms with van der Waals surface area (Å²) in [5.41, 5.74) is 3.33. The molecule has 0 atom stereocenters. The van der Waals surface area contributed by atoms with E-state index in [1.54, 1.807) is 11.3 Å². The minimum atomic E-state index is -0.266. The van der Waals surface area contributed by atoms with Crippen molar-refractivity contribution in [3.05, 3.63) is 45.9 Å². The van der Waals surface area contributed by atoms with Crippen molar-refractivity contribution in [2.45, 2.75) is 33.1 Å². The van der Waals surface area contributed by atoms with Gasteiger partial charge in [-0.05, 0) is 13.3 Å². The third kappa shape index (κ3) is 5.09. The van der Waals surface area contributed by atoms with E-state index in [0.29, 0.717) is 18.1 Å². The van der Waals surface area contributed by atoms with Gasteiger partial charge in [-0.25, -0.2) is 9.78 Å². The van der Waals surface area contributed by atoms with E-state index in [2.05, 4.69) is 63.9 Å². The summed E-state index contributed by atoms with van der Waals surface area (Å²) >= 11 is 3.03. The summed E-state index contributed by atoms with van der Waals surface area (Å²) in [6.45, 7) is 4.67. The van der Waals surface area contributed by atoms with Gasteiger partial charge in [-0.1, -0.05) is 48.1 Å². The second-order valence-corrected chi connectivity index (χ2v) is 7.81. The highest BCUT2D eigenvalue weighted by Crippen LogP contribution is 2.24. The van der Waals surface area contributed by atoms with E-state index in [0.717, 1.165) is 34.1 Å². The number of nitrogens with zero attached hydrogens (tertiary/aromatic N) is 3. The SMILES string of the molecule is CCCc1nnc(NC(=O)NCCc2csc(-c3ccc(C)cc3)n2)s1. The minimum Gasteiger partial charge on any atom is -0.337 e. The van der Waals surface area contributed by atoms with Gasteiger partial charge in [-0.15, -0.1) is 21.5 Å². The molecule has 2 N–H and O–H groups in total. The quantitative estimate of drug-likeness (QED) is 0.634. The van der Waals surface area contributed by atoms with Crippen LogP contribution >= 0.6 is 22.7 Å². The number of benzene rings is 1. The smallest absolute Gasteiger partial charge is 0.321 e. The monoisotopic (exact) mass is 387 g/mol. The molecule has 0 spiro atoms. The number of anilines is 1. The van der Waals surface area contributed by atoms with Gasteiger partial charge in [0.2, 0.25) is 5.13 Å². The van der Waals surface area contributed by atoms with E-state index >= 15 is 0 Å². The first-order valence-electron chi connectivity index (χ1n) is 8.52. The van der Waals surface area contributed by atoms with Crippen molar-refractivity contribution in [2.75, 3.05) is 11.9 Å². The Bertz CT molecular complexity index is 857. The molecule has 0 bridgehead atoms. The van der Waals surface area contributed by atoms with E-state index in [-0.39, 0.29) is 6.03 Å². The Hall–Kier alpha value is -2.32. The summed E-state index contributed by atoms with van der Waals surface area (Å²) in [5.74, 6) is 0. The number of hydrogen-bond acceptors (Lipinski definition) is 6. The molecule has 1 aromatic carbocycles. The summed E-state index contributed by atoms with van der Waals surface area (Å²) in [6, 6.07) is 8.07. The summed E-state index contributed by atoms with van der Waals surface area (Å²) in [7, 11) is 0. The van der Waals surface area contributed by atoms with Crippen LogP contribution in [0.15, 0.2) is 29.6 Å². The molecule has 3 aromatic rings. The maximum atomic E-state index is 11.9. The predicted octanol–water partition coefficient (Wildman–Crippen LogP) is 4.29. The van der Waals surface area contributed by atoms with Gasteiger partial charge in [0.05, 0.1) is 5.69 Å². The molecule has 6 nitrogen and oxygen atoms in total. The molecule has 0 saturated carbocycles. The Morgan fingerprint density at radius 3 is 2.73 bits per heavy atom. The maximum absolute atomic E-state index is 11.9. The minimum absolute atomic E-state index is 0.266. The fraction of sp³-hybridized carbons (Fsp3) is 0.333. The highest BCUT2D eigenvalue weighted by Gasteiger charge is 2.08. The van der Waals surface area contributed by atoms with Crippen molar-refractivity contribution < 1.29 is 4.79 Å². The molecule has 3 rings (SSSR count). The Labute approximate surface area is 160 Å². The third-order valence-corrected chi connectivity index (χ3v) is 5.51. The third-order valence-electron chi connectivity index (χ3n) is 3.67. The summed E-state index contributed by atoms with van der Waals surface area (Å²) in [5, 5.41) is 18.1. The standard InChI is InChI=1S/C18H21N5OS2/c1-3-4-15-22-23-18(26-15)21-17(24)19-10-9-14-11-25-16(20-14)13-7-5-12(2)6-8-13/h5-8,11H,3-4,9-10H2,1-2H3,(H2,19,21,23,24). The van der Waals surface area contributed by atoms with Crippen molar-refractivity contribution in [3.63, 3.8) is 0 Å². The Morgan fingerprint density at radius 2 is 1.96 bits per heavy atom. The molecule has 0 aliphatic carbocycles. The summed E-state index contributed by atoms with van der Waals surface area (Å²) in [6.07, 6.45) is 2.58. The predicted molar refractivity (Wildman–Crippen MR) is 107 cm³/mol. The van der Waals surface area contributed by atoms with E-state index in [9.17, 15) is 4.79 Å². The number of urea groups is 1. The number of nitrogens with one attached hydrogen (secondary N) is 2. The van der Waals surface area contributed by atoms with Gasteiger partial charge in [0, 0.05) is 30.3 Å². The lowest BCUT2D eigenvalue weighted by molar-refractivity contribution is 0.252. The van der Waals surface area contributed by atoms with Crippen molar-refractivity contribution in [2.24, 2.45) is 0 Å². The molecule has 26 heavy (non-hydrogen) atoms. The van der Waals surface area contributed by atoms with E-state index < -0.39 is 0 Å². The first kappa shape index (κ1) is 18.5. The number of carbonyl (C=O) groups excluding carboxylic acids is 1. The van der Waals surface area contributed by atoms with Crippen LogP contribution < -0.4 is 10.6 Å². The van der Waals surface area contributed by atoms with Gasteiger partial charge in [-0.3, -0.25) is 5.32 Å². The van der Waals surface area contributed by atoms with Crippen LogP contribution in [0, 0.1) is 6.92 Å². The maximum Gasteiger partial charge on any atom is 0.321 e. The average molecular weight is 388 g/mol. The lowest BCUT2D eigenvalue weighted by atomic mass is 10.2. The van der Waals surface area contributed by atoms with Crippen molar-refractivity contribution in [1.82, 2.24) is 20.5 Å². The Balaban J connectivity index is 1.45. The average Bonchev–Trinajstić information content (AvgIpc) is 3.26. The highest BCUT2D eigenvalue weighted by molar-refractivity contribution is 7.15. The van der Waals surface area contributed by atoms with Gasteiger partial charge < -0.3 is 5.32 Å². The molecule has 0 radical (unpaired) electrons. The second-order valence-electron chi connectivity index (χ2n) is 5.89. The van der Waals surface area contributed by atoms with Gasteiger partial charge in [0.25, 0.3) is 0 Å². The normalized spacial score (nSPS) is 10.7. The van der Waals surface area contributed by atoms with Crippen LogP contribution in [0.25, 0.3) is 10.6 Å². The fourth-order valence-corrected chi connectivity index (χ4v) is 4.01. The molecule has 0 fully saturated rings. The lowest BCUT2D eigenvalue weighted by Crippen LogP contribution is -2.30. The number of amides is 2. The van der Waals surface area contributed by atoms with E-state index in [1.807, 2.05) is 5.38 Å². The van der Waals surface area contributed by atoms with Crippen LogP contribution in [0.5, 0.6) is 0 Å². The topological polar surface area (TPSA) is 79.8 Å². The van der Waals surface area contributed by atoms with E-state index in [1.165, 1.54) is 16.9 Å². The molecule has 136 valence electrons. The number of aromatic nitrogens is 3. The molecule has 0 aliphatic rings. The van der Waals surface area contributed by atoms with Gasteiger partial charge in [0.1, 0.15) is 10.0 Å². The first-order chi connectivity index (χ1) is 12.6. The number of aryl methyl sites for hydroxylation is 2. The summed E-state index contributed by atoms with van der Waals surface area (Å²) < 4.78 is 0. The van der Waals surface area contributed by atoms with Crippen LogP contribution in [0.2, 0.25) is 0 Å². The summed E-state index contributed by atoms with van der Waals surface area (Å²) in [4.78, 5) is 16.6. The molecule has 0 unspecified atom stereocenters.